The summed E-state index contributed by atoms with van der Waals surface area (Å²) in [6.07, 6.45) is 2.33. The number of rotatable bonds is 8. The normalized spacial score (nSPS) is 12.1. The first-order valence-electron chi connectivity index (χ1n) is 6.57. The van der Waals surface area contributed by atoms with E-state index in [4.69, 9.17) is 9.47 Å². The van der Waals surface area contributed by atoms with E-state index in [2.05, 4.69) is 6.92 Å². The van der Waals surface area contributed by atoms with Gasteiger partial charge in [-0.2, -0.15) is 0 Å². The van der Waals surface area contributed by atoms with Crippen LogP contribution >= 0.6 is 0 Å². The maximum atomic E-state index is 11.1. The topological polar surface area (TPSA) is 35.5 Å². The van der Waals surface area contributed by atoms with E-state index in [0.717, 1.165) is 18.4 Å². The van der Waals surface area contributed by atoms with E-state index >= 15 is 0 Å². The molecule has 0 aliphatic heterocycles. The smallest absolute Gasteiger partial charge is 0.305 e. The second kappa shape index (κ2) is 8.70. The van der Waals surface area contributed by atoms with E-state index in [0.29, 0.717) is 19.6 Å². The largest absolute Gasteiger partial charge is 0.463 e. The SMILES string of the molecule is CCCC(COC(=O)CC)OCc1ccccc1. The lowest BCUT2D eigenvalue weighted by Gasteiger charge is -2.17. The van der Waals surface area contributed by atoms with E-state index in [1.165, 1.54) is 0 Å². The van der Waals surface area contributed by atoms with Crippen LogP contribution in [0.5, 0.6) is 0 Å². The van der Waals surface area contributed by atoms with Gasteiger partial charge in [-0.25, -0.2) is 0 Å². The molecule has 0 N–H and O–H groups in total. The number of carbonyl (C=O) groups is 1. The zero-order valence-corrected chi connectivity index (χ0v) is 11.2. The Bertz CT molecular complexity index is 335. The quantitative estimate of drug-likeness (QED) is 0.664. The van der Waals surface area contributed by atoms with Crippen molar-refractivity contribution in [2.45, 2.75) is 45.8 Å². The summed E-state index contributed by atoms with van der Waals surface area (Å²) in [5.74, 6) is -0.167. The van der Waals surface area contributed by atoms with Gasteiger partial charge in [0.15, 0.2) is 0 Å². The Morgan fingerprint density at radius 1 is 1.22 bits per heavy atom. The van der Waals surface area contributed by atoms with Gasteiger partial charge in [-0.3, -0.25) is 4.79 Å². The van der Waals surface area contributed by atoms with E-state index in [-0.39, 0.29) is 12.1 Å². The van der Waals surface area contributed by atoms with Gasteiger partial charge < -0.3 is 9.47 Å². The summed E-state index contributed by atoms with van der Waals surface area (Å²) >= 11 is 0. The molecule has 3 heteroatoms. The van der Waals surface area contributed by atoms with Crippen molar-refractivity contribution in [2.75, 3.05) is 6.61 Å². The zero-order chi connectivity index (χ0) is 13.2. The lowest BCUT2D eigenvalue weighted by atomic mass is 10.2. The van der Waals surface area contributed by atoms with Crippen LogP contribution in [0.4, 0.5) is 0 Å². The minimum atomic E-state index is -0.167. The van der Waals surface area contributed by atoms with Crippen LogP contribution in [0.2, 0.25) is 0 Å². The van der Waals surface area contributed by atoms with Crippen molar-refractivity contribution >= 4 is 5.97 Å². The van der Waals surface area contributed by atoms with Crippen molar-refractivity contribution < 1.29 is 14.3 Å². The van der Waals surface area contributed by atoms with Crippen molar-refractivity contribution in [3.05, 3.63) is 35.9 Å². The van der Waals surface area contributed by atoms with Crippen LogP contribution < -0.4 is 0 Å². The Hall–Kier alpha value is -1.35. The maximum Gasteiger partial charge on any atom is 0.305 e. The average molecular weight is 250 g/mol. The van der Waals surface area contributed by atoms with Crippen LogP contribution in [-0.2, 0) is 20.9 Å². The summed E-state index contributed by atoms with van der Waals surface area (Å²) in [5, 5.41) is 0. The molecule has 0 spiro atoms. The third kappa shape index (κ3) is 5.82. The van der Waals surface area contributed by atoms with Crippen molar-refractivity contribution in [3.8, 4) is 0 Å². The molecular weight excluding hydrogens is 228 g/mol. The molecule has 1 atom stereocenters. The van der Waals surface area contributed by atoms with Crippen LogP contribution in [0.25, 0.3) is 0 Å². The third-order valence-corrected chi connectivity index (χ3v) is 2.66. The molecule has 0 saturated carbocycles. The molecule has 100 valence electrons. The van der Waals surface area contributed by atoms with Gasteiger partial charge in [0.25, 0.3) is 0 Å². The molecule has 0 aliphatic rings. The Balaban J connectivity index is 2.35. The third-order valence-electron chi connectivity index (χ3n) is 2.66. The Kier molecular flexibility index (Phi) is 7.11. The lowest BCUT2D eigenvalue weighted by molar-refractivity contribution is -0.148. The maximum absolute atomic E-state index is 11.1. The molecule has 1 aromatic carbocycles. The van der Waals surface area contributed by atoms with Crippen LogP contribution in [0.15, 0.2) is 30.3 Å². The summed E-state index contributed by atoms with van der Waals surface area (Å²) in [7, 11) is 0. The minimum Gasteiger partial charge on any atom is -0.463 e. The van der Waals surface area contributed by atoms with Crippen LogP contribution in [0.1, 0.15) is 38.7 Å². The molecule has 0 bridgehead atoms. The van der Waals surface area contributed by atoms with E-state index < -0.39 is 0 Å². The summed E-state index contributed by atoms with van der Waals surface area (Å²) in [6.45, 7) is 4.81. The number of ether oxygens (including phenoxy) is 2. The predicted octanol–water partition coefficient (Wildman–Crippen LogP) is 3.33. The monoisotopic (exact) mass is 250 g/mol. The Labute approximate surface area is 109 Å². The second-order valence-corrected chi connectivity index (χ2v) is 4.24. The highest BCUT2D eigenvalue weighted by Gasteiger charge is 2.11. The highest BCUT2D eigenvalue weighted by molar-refractivity contribution is 5.68. The van der Waals surface area contributed by atoms with Gasteiger partial charge in [0, 0.05) is 6.42 Å². The summed E-state index contributed by atoms with van der Waals surface area (Å²) in [4.78, 5) is 11.1. The van der Waals surface area contributed by atoms with E-state index in [1.54, 1.807) is 6.92 Å². The van der Waals surface area contributed by atoms with Crippen molar-refractivity contribution in [1.82, 2.24) is 0 Å². The summed E-state index contributed by atoms with van der Waals surface area (Å²) in [6, 6.07) is 10.0. The van der Waals surface area contributed by atoms with Gasteiger partial charge >= 0.3 is 5.97 Å². The van der Waals surface area contributed by atoms with Gasteiger partial charge in [-0.05, 0) is 12.0 Å². The standard InChI is InChI=1S/C15H22O3/c1-3-8-14(12-18-15(16)4-2)17-11-13-9-6-5-7-10-13/h5-7,9-10,14H,3-4,8,11-12H2,1-2H3. The molecule has 0 aliphatic carbocycles. The van der Waals surface area contributed by atoms with Crippen LogP contribution in [0.3, 0.4) is 0 Å². The number of hydrogen-bond donors (Lipinski definition) is 0. The molecule has 3 nitrogen and oxygen atoms in total. The predicted molar refractivity (Wildman–Crippen MR) is 71.2 cm³/mol. The molecule has 0 heterocycles. The van der Waals surface area contributed by atoms with Crippen molar-refractivity contribution in [1.29, 1.82) is 0 Å². The van der Waals surface area contributed by atoms with Crippen molar-refractivity contribution in [2.24, 2.45) is 0 Å². The molecular formula is C15H22O3. The van der Waals surface area contributed by atoms with Gasteiger partial charge in [0.05, 0.1) is 12.7 Å². The first-order valence-corrected chi connectivity index (χ1v) is 6.57. The van der Waals surface area contributed by atoms with E-state index in [1.807, 2.05) is 30.3 Å². The molecule has 0 saturated heterocycles. The first-order chi connectivity index (χ1) is 8.76. The fraction of sp³-hybridized carbons (Fsp3) is 0.533. The molecule has 0 fully saturated rings. The molecule has 1 unspecified atom stereocenters. The minimum absolute atomic E-state index is 0.00861. The summed E-state index contributed by atoms with van der Waals surface area (Å²) in [5.41, 5.74) is 1.14. The average Bonchev–Trinajstić information content (AvgIpc) is 2.42. The number of esters is 1. The fourth-order valence-corrected chi connectivity index (χ4v) is 1.61. The van der Waals surface area contributed by atoms with Gasteiger partial charge in [0.2, 0.25) is 0 Å². The first kappa shape index (κ1) is 14.7. The van der Waals surface area contributed by atoms with Crippen LogP contribution in [-0.4, -0.2) is 18.7 Å². The van der Waals surface area contributed by atoms with Gasteiger partial charge in [0.1, 0.15) is 6.61 Å². The Morgan fingerprint density at radius 2 is 1.94 bits per heavy atom. The fourth-order valence-electron chi connectivity index (χ4n) is 1.61. The second-order valence-electron chi connectivity index (χ2n) is 4.24. The molecule has 0 radical (unpaired) electrons. The highest BCUT2D eigenvalue weighted by Crippen LogP contribution is 2.08. The van der Waals surface area contributed by atoms with E-state index in [9.17, 15) is 4.79 Å². The Morgan fingerprint density at radius 3 is 2.56 bits per heavy atom. The van der Waals surface area contributed by atoms with Gasteiger partial charge in [-0.1, -0.05) is 50.6 Å². The molecule has 0 amide bonds. The highest BCUT2D eigenvalue weighted by atomic mass is 16.6. The molecule has 1 rings (SSSR count). The van der Waals surface area contributed by atoms with Crippen molar-refractivity contribution in [3.63, 3.8) is 0 Å². The van der Waals surface area contributed by atoms with Crippen LogP contribution in [0, 0.1) is 0 Å². The number of carbonyl (C=O) groups excluding carboxylic acids is 1. The number of hydrogen-bond acceptors (Lipinski definition) is 3. The zero-order valence-electron chi connectivity index (χ0n) is 11.2. The molecule has 18 heavy (non-hydrogen) atoms. The molecule has 0 aromatic heterocycles. The molecule has 1 aromatic rings. The number of benzene rings is 1. The summed E-state index contributed by atoms with van der Waals surface area (Å²) < 4.78 is 10.9. The lowest BCUT2D eigenvalue weighted by Crippen LogP contribution is -2.21. The van der Waals surface area contributed by atoms with Gasteiger partial charge in [-0.15, -0.1) is 0 Å².